The minimum absolute atomic E-state index is 0.524. The minimum Gasteiger partial charge on any atom is -0.380 e. The highest BCUT2D eigenvalue weighted by Gasteiger charge is 2.29. The molecule has 0 spiro atoms. The van der Waals surface area contributed by atoms with Crippen molar-refractivity contribution < 1.29 is 5.11 Å². The molecule has 0 aliphatic heterocycles. The van der Waals surface area contributed by atoms with E-state index < -0.39 is 5.60 Å². The lowest BCUT2D eigenvalue weighted by atomic mass is 9.83. The van der Waals surface area contributed by atoms with Crippen LogP contribution in [0, 0.1) is 0 Å². The third-order valence-corrected chi connectivity index (χ3v) is 4.03. The first-order valence-corrected chi connectivity index (χ1v) is 7.84. The van der Waals surface area contributed by atoms with Gasteiger partial charge in [-0.2, -0.15) is 0 Å². The second-order valence-electron chi connectivity index (χ2n) is 5.61. The van der Waals surface area contributed by atoms with Crippen molar-refractivity contribution in [1.29, 1.82) is 0 Å². The molecule has 1 N–H and O–H groups in total. The Labute approximate surface area is 137 Å². The van der Waals surface area contributed by atoms with Crippen molar-refractivity contribution >= 4 is 6.08 Å². The van der Waals surface area contributed by atoms with E-state index in [1.165, 1.54) is 0 Å². The summed E-state index contributed by atoms with van der Waals surface area (Å²) >= 11 is 0. The van der Waals surface area contributed by atoms with Crippen LogP contribution >= 0.6 is 0 Å². The molecule has 0 radical (unpaired) electrons. The van der Waals surface area contributed by atoms with E-state index in [-0.39, 0.29) is 0 Å². The fourth-order valence-corrected chi connectivity index (χ4v) is 2.76. The summed E-state index contributed by atoms with van der Waals surface area (Å²) in [6.45, 7) is 0. The van der Waals surface area contributed by atoms with Gasteiger partial charge in [0.2, 0.25) is 0 Å². The monoisotopic (exact) mass is 300 g/mol. The van der Waals surface area contributed by atoms with Gasteiger partial charge in [0.15, 0.2) is 0 Å². The Hall–Kier alpha value is -2.64. The lowest BCUT2D eigenvalue weighted by Gasteiger charge is -2.28. The van der Waals surface area contributed by atoms with Crippen molar-refractivity contribution in [1.82, 2.24) is 0 Å². The lowest BCUT2D eigenvalue weighted by Crippen LogP contribution is -2.26. The molecular formula is C22H20O. The van der Waals surface area contributed by atoms with Crippen LogP contribution in [0.1, 0.15) is 23.1 Å². The van der Waals surface area contributed by atoms with E-state index in [9.17, 15) is 5.11 Å². The molecule has 0 amide bonds. The number of hydrogen-bond donors (Lipinski definition) is 1. The molecule has 0 saturated heterocycles. The molecule has 1 heteroatoms. The van der Waals surface area contributed by atoms with Crippen molar-refractivity contribution in [3.63, 3.8) is 0 Å². The Bertz CT molecular complexity index is 706. The van der Waals surface area contributed by atoms with Crippen LogP contribution < -0.4 is 0 Å². The summed E-state index contributed by atoms with van der Waals surface area (Å²) in [6, 6.07) is 29.8. The predicted molar refractivity (Wildman–Crippen MR) is 96.0 cm³/mol. The van der Waals surface area contributed by atoms with Gasteiger partial charge in [-0.05, 0) is 16.7 Å². The molecule has 0 aliphatic carbocycles. The zero-order valence-electron chi connectivity index (χ0n) is 13.0. The first-order valence-electron chi connectivity index (χ1n) is 7.84. The van der Waals surface area contributed by atoms with Gasteiger partial charge in [-0.1, -0.05) is 103 Å². The van der Waals surface area contributed by atoms with Crippen molar-refractivity contribution in [2.75, 3.05) is 0 Å². The molecule has 0 unspecified atom stereocenters. The van der Waals surface area contributed by atoms with Crippen LogP contribution in [0.15, 0.2) is 97.1 Å². The molecule has 0 saturated carbocycles. The Kier molecular flexibility index (Phi) is 4.70. The van der Waals surface area contributed by atoms with Gasteiger partial charge in [-0.25, -0.2) is 0 Å². The van der Waals surface area contributed by atoms with Crippen LogP contribution in [0.3, 0.4) is 0 Å². The maximum Gasteiger partial charge on any atom is 0.118 e. The Morgan fingerprint density at radius 1 is 0.652 bits per heavy atom. The van der Waals surface area contributed by atoms with E-state index in [1.807, 2.05) is 84.9 Å². The number of rotatable bonds is 5. The topological polar surface area (TPSA) is 20.2 Å². The standard InChI is InChI=1S/C22H20O/c23-22(20-14-6-2-7-15-20,21-16-8-3-9-17-21)18-10-13-19-11-4-1-5-12-19/h1-17,23H,18H2. The van der Waals surface area contributed by atoms with Gasteiger partial charge >= 0.3 is 0 Å². The summed E-state index contributed by atoms with van der Waals surface area (Å²) in [7, 11) is 0. The van der Waals surface area contributed by atoms with E-state index in [1.54, 1.807) is 0 Å². The molecule has 114 valence electrons. The zero-order chi connectivity index (χ0) is 16.0. The maximum absolute atomic E-state index is 11.4. The molecule has 3 aromatic carbocycles. The maximum atomic E-state index is 11.4. The summed E-state index contributed by atoms with van der Waals surface area (Å²) in [6.07, 6.45) is 4.61. The fraction of sp³-hybridized carbons (Fsp3) is 0.0909. The zero-order valence-corrected chi connectivity index (χ0v) is 13.0. The average molecular weight is 300 g/mol. The number of benzene rings is 3. The third kappa shape index (κ3) is 3.58. The molecule has 0 aliphatic rings. The smallest absolute Gasteiger partial charge is 0.118 e. The number of aliphatic hydroxyl groups is 1. The minimum atomic E-state index is -1.02. The van der Waals surface area contributed by atoms with E-state index in [0.29, 0.717) is 6.42 Å². The van der Waals surface area contributed by atoms with Crippen LogP contribution in [0.25, 0.3) is 6.08 Å². The summed E-state index contributed by atoms with van der Waals surface area (Å²) in [4.78, 5) is 0. The predicted octanol–water partition coefficient (Wildman–Crippen LogP) is 5.03. The van der Waals surface area contributed by atoms with Crippen LogP contribution in [0.4, 0.5) is 0 Å². The largest absolute Gasteiger partial charge is 0.380 e. The van der Waals surface area contributed by atoms with Crippen LogP contribution in [0.2, 0.25) is 0 Å². The summed E-state index contributed by atoms with van der Waals surface area (Å²) in [5.74, 6) is 0. The normalized spacial score (nSPS) is 11.7. The van der Waals surface area contributed by atoms with Gasteiger partial charge < -0.3 is 5.11 Å². The Morgan fingerprint density at radius 3 is 1.57 bits per heavy atom. The molecule has 0 aromatic heterocycles. The fourth-order valence-electron chi connectivity index (χ4n) is 2.76. The average Bonchev–Trinajstić information content (AvgIpc) is 2.64. The van der Waals surface area contributed by atoms with Gasteiger partial charge in [0, 0.05) is 6.42 Å². The molecule has 0 fully saturated rings. The summed E-state index contributed by atoms with van der Waals surface area (Å²) < 4.78 is 0. The molecule has 3 aromatic rings. The Morgan fingerprint density at radius 2 is 1.09 bits per heavy atom. The lowest BCUT2D eigenvalue weighted by molar-refractivity contribution is 0.0843. The van der Waals surface area contributed by atoms with E-state index in [0.717, 1.165) is 16.7 Å². The summed E-state index contributed by atoms with van der Waals surface area (Å²) in [5.41, 5.74) is 1.93. The van der Waals surface area contributed by atoms with Gasteiger partial charge in [0.25, 0.3) is 0 Å². The van der Waals surface area contributed by atoms with Gasteiger partial charge in [0.1, 0.15) is 5.60 Å². The van der Waals surface area contributed by atoms with Gasteiger partial charge in [0.05, 0.1) is 0 Å². The van der Waals surface area contributed by atoms with Crippen molar-refractivity contribution in [3.05, 3.63) is 114 Å². The molecular weight excluding hydrogens is 280 g/mol. The van der Waals surface area contributed by atoms with E-state index in [4.69, 9.17) is 0 Å². The SMILES string of the molecule is OC(CC=Cc1ccccc1)(c1ccccc1)c1ccccc1. The van der Waals surface area contributed by atoms with E-state index >= 15 is 0 Å². The van der Waals surface area contributed by atoms with Crippen LogP contribution in [-0.4, -0.2) is 5.11 Å². The highest BCUT2D eigenvalue weighted by atomic mass is 16.3. The van der Waals surface area contributed by atoms with Gasteiger partial charge in [-0.15, -0.1) is 0 Å². The van der Waals surface area contributed by atoms with Crippen molar-refractivity contribution in [3.8, 4) is 0 Å². The highest BCUT2D eigenvalue weighted by Crippen LogP contribution is 2.33. The Balaban J connectivity index is 1.92. The molecule has 0 atom stereocenters. The van der Waals surface area contributed by atoms with Gasteiger partial charge in [-0.3, -0.25) is 0 Å². The molecule has 23 heavy (non-hydrogen) atoms. The third-order valence-electron chi connectivity index (χ3n) is 4.03. The molecule has 0 heterocycles. The van der Waals surface area contributed by atoms with Crippen molar-refractivity contribution in [2.24, 2.45) is 0 Å². The van der Waals surface area contributed by atoms with Crippen molar-refractivity contribution in [2.45, 2.75) is 12.0 Å². The second kappa shape index (κ2) is 7.08. The second-order valence-corrected chi connectivity index (χ2v) is 5.61. The van der Waals surface area contributed by atoms with Crippen LogP contribution in [-0.2, 0) is 5.60 Å². The van der Waals surface area contributed by atoms with E-state index in [2.05, 4.69) is 18.2 Å². The summed E-state index contributed by atoms with van der Waals surface area (Å²) in [5, 5.41) is 11.4. The highest BCUT2D eigenvalue weighted by molar-refractivity contribution is 5.49. The van der Waals surface area contributed by atoms with Crippen LogP contribution in [0.5, 0.6) is 0 Å². The number of hydrogen-bond acceptors (Lipinski definition) is 1. The molecule has 0 bridgehead atoms. The molecule has 3 rings (SSSR count). The quantitative estimate of drug-likeness (QED) is 0.701. The first kappa shape index (κ1) is 15.3. The first-order chi connectivity index (χ1) is 11.3. The molecule has 1 nitrogen and oxygen atoms in total.